The van der Waals surface area contributed by atoms with E-state index in [0.29, 0.717) is 30.3 Å². The predicted octanol–water partition coefficient (Wildman–Crippen LogP) is 0.971. The number of nitrogens with zero attached hydrogens (tertiary/aromatic N) is 4. The molecular formula is C13H17N5O2. The van der Waals surface area contributed by atoms with Crippen molar-refractivity contribution >= 4 is 17.3 Å². The van der Waals surface area contributed by atoms with Gasteiger partial charge >= 0.3 is 5.97 Å². The van der Waals surface area contributed by atoms with Crippen LogP contribution in [0.25, 0.3) is 0 Å². The quantitative estimate of drug-likeness (QED) is 0.762. The van der Waals surface area contributed by atoms with Gasteiger partial charge in [0.15, 0.2) is 0 Å². The summed E-state index contributed by atoms with van der Waals surface area (Å²) >= 11 is 0. The molecule has 0 bridgehead atoms. The maximum absolute atomic E-state index is 11.1. The minimum absolute atomic E-state index is 0.148. The van der Waals surface area contributed by atoms with Crippen molar-refractivity contribution < 1.29 is 9.90 Å². The van der Waals surface area contributed by atoms with Gasteiger partial charge in [-0.2, -0.15) is 5.10 Å². The number of carboxylic acids is 1. The number of nitrogens with two attached hydrogens (primary N) is 1. The first-order chi connectivity index (χ1) is 9.61. The third-order valence-corrected chi connectivity index (χ3v) is 2.93. The molecule has 0 atom stereocenters. The number of nitrogen functional groups attached to an aromatic ring is 1. The number of rotatable bonds is 6. The second-order valence-corrected chi connectivity index (χ2v) is 4.30. The van der Waals surface area contributed by atoms with E-state index in [4.69, 9.17) is 10.8 Å². The number of aliphatic carboxylic acids is 1. The molecule has 2 aromatic rings. The summed E-state index contributed by atoms with van der Waals surface area (Å²) in [6.45, 7) is 2.83. The van der Waals surface area contributed by atoms with E-state index in [2.05, 4.69) is 10.1 Å². The minimum atomic E-state index is -0.921. The summed E-state index contributed by atoms with van der Waals surface area (Å²) in [7, 11) is 0. The van der Waals surface area contributed by atoms with E-state index in [1.165, 1.54) is 6.33 Å². The summed E-state index contributed by atoms with van der Waals surface area (Å²) < 4.78 is 1.73. The fraction of sp³-hybridized carbons (Fsp3) is 0.308. The summed E-state index contributed by atoms with van der Waals surface area (Å²) in [5.74, 6) is -0.215. The zero-order valence-corrected chi connectivity index (χ0v) is 11.2. The van der Waals surface area contributed by atoms with Gasteiger partial charge in [0.25, 0.3) is 0 Å². The smallest absolute Gasteiger partial charge is 0.323 e. The topological polar surface area (TPSA) is 97.3 Å². The Kier molecular flexibility index (Phi) is 4.19. The lowest BCUT2D eigenvalue weighted by atomic mass is 10.2. The van der Waals surface area contributed by atoms with Crippen molar-refractivity contribution in [2.75, 3.05) is 17.2 Å². The van der Waals surface area contributed by atoms with Crippen molar-refractivity contribution in [2.45, 2.75) is 20.0 Å². The first-order valence-corrected chi connectivity index (χ1v) is 6.29. The Labute approximate surface area is 116 Å². The lowest BCUT2D eigenvalue weighted by Crippen LogP contribution is -2.31. The normalized spacial score (nSPS) is 10.4. The number of aryl methyl sites for hydroxylation is 1. The van der Waals surface area contributed by atoms with E-state index < -0.39 is 5.97 Å². The van der Waals surface area contributed by atoms with Gasteiger partial charge in [-0.15, -0.1) is 0 Å². The van der Waals surface area contributed by atoms with E-state index in [1.807, 2.05) is 19.1 Å². The molecule has 0 aliphatic rings. The Balaban J connectivity index is 2.29. The Morgan fingerprint density at radius 3 is 2.85 bits per heavy atom. The summed E-state index contributed by atoms with van der Waals surface area (Å²) in [6, 6.07) is 7.18. The lowest BCUT2D eigenvalue weighted by molar-refractivity contribution is -0.135. The molecule has 2 rings (SSSR count). The summed E-state index contributed by atoms with van der Waals surface area (Å²) in [4.78, 5) is 16.9. The molecule has 20 heavy (non-hydrogen) atoms. The highest BCUT2D eigenvalue weighted by Crippen LogP contribution is 2.23. The molecule has 0 spiro atoms. The standard InChI is InChI=1S/C13H17N5O2/c1-2-18-12(15-9-16-18)7-17(8-13(19)20)11-6-4-3-5-10(11)14/h3-6,9H,2,7-8,14H2,1H3,(H,19,20). The molecule has 106 valence electrons. The van der Waals surface area contributed by atoms with Gasteiger partial charge in [0.05, 0.1) is 17.9 Å². The van der Waals surface area contributed by atoms with Crippen LogP contribution in [-0.2, 0) is 17.9 Å². The highest BCUT2D eigenvalue weighted by Gasteiger charge is 2.16. The van der Waals surface area contributed by atoms with Crippen LogP contribution >= 0.6 is 0 Å². The predicted molar refractivity (Wildman–Crippen MR) is 75.2 cm³/mol. The molecule has 0 unspecified atom stereocenters. The summed E-state index contributed by atoms with van der Waals surface area (Å²) in [6.07, 6.45) is 1.46. The molecule has 3 N–H and O–H groups in total. The van der Waals surface area contributed by atoms with Gasteiger partial charge in [0.2, 0.25) is 0 Å². The fourth-order valence-electron chi connectivity index (χ4n) is 2.01. The fourth-order valence-corrected chi connectivity index (χ4v) is 2.01. The van der Waals surface area contributed by atoms with Crippen LogP contribution in [0.3, 0.4) is 0 Å². The first-order valence-electron chi connectivity index (χ1n) is 6.29. The molecule has 0 saturated carbocycles. The molecule has 0 amide bonds. The molecule has 1 heterocycles. The van der Waals surface area contributed by atoms with Crippen molar-refractivity contribution in [2.24, 2.45) is 0 Å². The van der Waals surface area contributed by atoms with Gasteiger partial charge in [-0.1, -0.05) is 12.1 Å². The SMILES string of the molecule is CCn1ncnc1CN(CC(=O)O)c1ccccc1N. The lowest BCUT2D eigenvalue weighted by Gasteiger charge is -2.23. The van der Waals surface area contributed by atoms with Crippen LogP contribution in [0, 0.1) is 0 Å². The van der Waals surface area contributed by atoms with Crippen molar-refractivity contribution in [3.8, 4) is 0 Å². The molecule has 0 saturated heterocycles. The number of aromatic nitrogens is 3. The number of benzene rings is 1. The van der Waals surface area contributed by atoms with E-state index in [-0.39, 0.29) is 6.54 Å². The molecule has 0 fully saturated rings. The summed E-state index contributed by atoms with van der Waals surface area (Å²) in [5.41, 5.74) is 7.14. The molecule has 0 radical (unpaired) electrons. The zero-order chi connectivity index (χ0) is 14.5. The molecule has 7 heteroatoms. The van der Waals surface area contributed by atoms with Gasteiger partial charge in [0.1, 0.15) is 18.7 Å². The average Bonchev–Trinajstić information content (AvgIpc) is 2.85. The second kappa shape index (κ2) is 6.05. The molecular weight excluding hydrogens is 258 g/mol. The van der Waals surface area contributed by atoms with Crippen LogP contribution in [0.5, 0.6) is 0 Å². The van der Waals surface area contributed by atoms with Crippen LogP contribution < -0.4 is 10.6 Å². The number of hydrogen-bond donors (Lipinski definition) is 2. The van der Waals surface area contributed by atoms with Crippen molar-refractivity contribution in [1.29, 1.82) is 0 Å². The third-order valence-electron chi connectivity index (χ3n) is 2.93. The third kappa shape index (κ3) is 3.05. The number of carbonyl (C=O) groups is 1. The van der Waals surface area contributed by atoms with E-state index in [9.17, 15) is 4.79 Å². The Morgan fingerprint density at radius 2 is 2.20 bits per heavy atom. The number of anilines is 2. The van der Waals surface area contributed by atoms with Crippen molar-refractivity contribution in [3.63, 3.8) is 0 Å². The van der Waals surface area contributed by atoms with Crippen LogP contribution in [0.4, 0.5) is 11.4 Å². The maximum Gasteiger partial charge on any atom is 0.323 e. The molecule has 1 aromatic carbocycles. The van der Waals surface area contributed by atoms with Gasteiger partial charge < -0.3 is 15.7 Å². The second-order valence-electron chi connectivity index (χ2n) is 4.30. The van der Waals surface area contributed by atoms with E-state index >= 15 is 0 Å². The van der Waals surface area contributed by atoms with E-state index in [1.54, 1.807) is 21.7 Å². The number of para-hydroxylation sites is 2. The highest BCUT2D eigenvalue weighted by molar-refractivity contribution is 5.77. The van der Waals surface area contributed by atoms with Crippen molar-refractivity contribution in [1.82, 2.24) is 14.8 Å². The van der Waals surface area contributed by atoms with Crippen LogP contribution in [0.1, 0.15) is 12.7 Å². The number of hydrogen-bond acceptors (Lipinski definition) is 5. The van der Waals surface area contributed by atoms with Crippen LogP contribution in [0.15, 0.2) is 30.6 Å². The Bertz CT molecular complexity index is 596. The van der Waals surface area contributed by atoms with Crippen molar-refractivity contribution in [3.05, 3.63) is 36.4 Å². The summed E-state index contributed by atoms with van der Waals surface area (Å²) in [5, 5.41) is 13.1. The van der Waals surface area contributed by atoms with Gasteiger partial charge in [0, 0.05) is 6.54 Å². The van der Waals surface area contributed by atoms with Crippen LogP contribution in [0.2, 0.25) is 0 Å². The Morgan fingerprint density at radius 1 is 1.45 bits per heavy atom. The molecule has 1 aromatic heterocycles. The molecule has 7 nitrogen and oxygen atoms in total. The monoisotopic (exact) mass is 275 g/mol. The van der Waals surface area contributed by atoms with E-state index in [0.717, 1.165) is 0 Å². The first kappa shape index (κ1) is 13.9. The van der Waals surface area contributed by atoms with Gasteiger partial charge in [-0.3, -0.25) is 4.79 Å². The maximum atomic E-state index is 11.1. The minimum Gasteiger partial charge on any atom is -0.480 e. The molecule has 0 aliphatic carbocycles. The molecule has 0 aliphatic heterocycles. The average molecular weight is 275 g/mol. The zero-order valence-electron chi connectivity index (χ0n) is 11.2. The van der Waals surface area contributed by atoms with Crippen LogP contribution in [-0.4, -0.2) is 32.4 Å². The largest absolute Gasteiger partial charge is 0.480 e. The van der Waals surface area contributed by atoms with Gasteiger partial charge in [-0.05, 0) is 19.1 Å². The Hall–Kier alpha value is -2.57. The van der Waals surface area contributed by atoms with Gasteiger partial charge in [-0.25, -0.2) is 9.67 Å². The number of carboxylic acid groups (broad SMARTS) is 1. The highest BCUT2D eigenvalue weighted by atomic mass is 16.4.